The van der Waals surface area contributed by atoms with E-state index in [1.54, 1.807) is 19.1 Å². The van der Waals surface area contributed by atoms with Crippen LogP contribution in [0.25, 0.3) is 0 Å². The van der Waals surface area contributed by atoms with E-state index < -0.39 is 5.79 Å². The molecule has 0 fully saturated rings. The SMILES string of the molecule is C=C/C=C1\C(=C/C)C(/C=C\C)=C(C)C1(O)O. The molecule has 0 atom stereocenters. The second-order valence-corrected chi connectivity index (χ2v) is 3.73. The van der Waals surface area contributed by atoms with E-state index in [1.807, 2.05) is 32.1 Å². The van der Waals surface area contributed by atoms with E-state index in [0.29, 0.717) is 11.1 Å². The van der Waals surface area contributed by atoms with Gasteiger partial charge in [0, 0.05) is 5.57 Å². The summed E-state index contributed by atoms with van der Waals surface area (Å²) >= 11 is 0. The van der Waals surface area contributed by atoms with E-state index in [4.69, 9.17) is 0 Å². The fourth-order valence-electron chi connectivity index (χ4n) is 1.94. The first kappa shape index (κ1) is 12.7. The van der Waals surface area contributed by atoms with Crippen LogP contribution in [0.2, 0.25) is 0 Å². The zero-order valence-electron chi connectivity index (χ0n) is 9.99. The monoisotopic (exact) mass is 218 g/mol. The van der Waals surface area contributed by atoms with Gasteiger partial charge in [-0.05, 0) is 37.5 Å². The average Bonchev–Trinajstić information content (AvgIpc) is 2.42. The van der Waals surface area contributed by atoms with Crippen molar-refractivity contribution in [3.05, 3.63) is 59.3 Å². The molecule has 16 heavy (non-hydrogen) atoms. The molecule has 1 aliphatic rings. The lowest BCUT2D eigenvalue weighted by atomic mass is 10.0. The fraction of sp³-hybridized carbons (Fsp3) is 0.286. The second kappa shape index (κ2) is 4.64. The lowest BCUT2D eigenvalue weighted by Crippen LogP contribution is -2.28. The van der Waals surface area contributed by atoms with Crippen molar-refractivity contribution in [3.63, 3.8) is 0 Å². The number of aliphatic hydroxyl groups is 2. The molecule has 0 bridgehead atoms. The van der Waals surface area contributed by atoms with E-state index in [2.05, 4.69) is 6.58 Å². The summed E-state index contributed by atoms with van der Waals surface area (Å²) in [5.74, 6) is -1.88. The molecule has 1 aliphatic carbocycles. The molecule has 0 saturated heterocycles. The highest BCUT2D eigenvalue weighted by atomic mass is 16.5. The Bertz CT molecular complexity index is 418. The van der Waals surface area contributed by atoms with Gasteiger partial charge in [-0.3, -0.25) is 0 Å². The van der Waals surface area contributed by atoms with Crippen LogP contribution in [0.4, 0.5) is 0 Å². The normalized spacial score (nSPS) is 25.1. The van der Waals surface area contributed by atoms with Crippen molar-refractivity contribution < 1.29 is 10.2 Å². The molecule has 0 unspecified atom stereocenters. The molecule has 0 aromatic heterocycles. The van der Waals surface area contributed by atoms with Crippen molar-refractivity contribution in [3.8, 4) is 0 Å². The van der Waals surface area contributed by atoms with Crippen LogP contribution >= 0.6 is 0 Å². The van der Waals surface area contributed by atoms with Crippen molar-refractivity contribution in [2.75, 3.05) is 0 Å². The van der Waals surface area contributed by atoms with Crippen molar-refractivity contribution >= 4 is 0 Å². The standard InChI is InChI=1S/C14H18O2/c1-5-8-12-10(4)14(15,16)13(9-6-2)11(12)7-3/h5-9,15-16H,2H2,1,3-4H3/b8-5-,11-7-,13-9+. The van der Waals surface area contributed by atoms with Gasteiger partial charge in [0.1, 0.15) is 0 Å². The maximum atomic E-state index is 10.1. The Morgan fingerprint density at radius 2 is 1.88 bits per heavy atom. The van der Waals surface area contributed by atoms with Crippen molar-refractivity contribution in [2.45, 2.75) is 26.6 Å². The van der Waals surface area contributed by atoms with Gasteiger partial charge in [0.25, 0.3) is 0 Å². The highest BCUT2D eigenvalue weighted by Gasteiger charge is 2.40. The summed E-state index contributed by atoms with van der Waals surface area (Å²) in [7, 11) is 0. The Balaban J connectivity index is 3.46. The van der Waals surface area contributed by atoms with E-state index in [-0.39, 0.29) is 0 Å². The maximum absolute atomic E-state index is 10.1. The molecule has 0 saturated carbocycles. The molecule has 0 heterocycles. The highest BCUT2D eigenvalue weighted by Crippen LogP contribution is 2.42. The summed E-state index contributed by atoms with van der Waals surface area (Å²) in [6, 6.07) is 0. The van der Waals surface area contributed by atoms with E-state index in [1.165, 1.54) is 0 Å². The summed E-state index contributed by atoms with van der Waals surface area (Å²) in [5.41, 5.74) is 2.74. The Labute approximate surface area is 96.6 Å². The number of rotatable bonds is 2. The summed E-state index contributed by atoms with van der Waals surface area (Å²) in [6.07, 6.45) is 8.84. The fourth-order valence-corrected chi connectivity index (χ4v) is 1.94. The van der Waals surface area contributed by atoms with Crippen LogP contribution in [0.5, 0.6) is 0 Å². The molecule has 0 aromatic carbocycles. The van der Waals surface area contributed by atoms with Gasteiger partial charge < -0.3 is 10.2 Å². The topological polar surface area (TPSA) is 40.5 Å². The van der Waals surface area contributed by atoms with Crippen LogP contribution < -0.4 is 0 Å². The van der Waals surface area contributed by atoms with Crippen LogP contribution in [0.3, 0.4) is 0 Å². The summed E-state index contributed by atoms with van der Waals surface area (Å²) in [4.78, 5) is 0. The lowest BCUT2D eigenvalue weighted by molar-refractivity contribution is -0.0889. The van der Waals surface area contributed by atoms with Crippen molar-refractivity contribution in [1.82, 2.24) is 0 Å². The van der Waals surface area contributed by atoms with Crippen molar-refractivity contribution in [1.29, 1.82) is 0 Å². The van der Waals surface area contributed by atoms with Gasteiger partial charge in [0.15, 0.2) is 0 Å². The summed E-state index contributed by atoms with van der Waals surface area (Å²) in [5, 5.41) is 20.1. The van der Waals surface area contributed by atoms with E-state index >= 15 is 0 Å². The Kier molecular flexibility index (Phi) is 3.68. The summed E-state index contributed by atoms with van der Waals surface area (Å²) < 4.78 is 0. The largest absolute Gasteiger partial charge is 0.358 e. The van der Waals surface area contributed by atoms with Crippen LogP contribution in [0.15, 0.2) is 59.3 Å². The van der Waals surface area contributed by atoms with Gasteiger partial charge in [0.2, 0.25) is 5.79 Å². The first-order chi connectivity index (χ1) is 7.50. The van der Waals surface area contributed by atoms with Crippen LogP contribution in [-0.2, 0) is 0 Å². The van der Waals surface area contributed by atoms with Gasteiger partial charge in [-0.2, -0.15) is 0 Å². The molecule has 1 rings (SSSR count). The van der Waals surface area contributed by atoms with Gasteiger partial charge in [-0.25, -0.2) is 0 Å². The quantitative estimate of drug-likeness (QED) is 0.699. The van der Waals surface area contributed by atoms with Gasteiger partial charge >= 0.3 is 0 Å². The third kappa shape index (κ3) is 1.82. The van der Waals surface area contributed by atoms with Gasteiger partial charge in [0.05, 0.1) is 0 Å². The Morgan fingerprint density at radius 1 is 1.25 bits per heavy atom. The number of hydrogen-bond donors (Lipinski definition) is 2. The van der Waals surface area contributed by atoms with Gasteiger partial charge in [-0.1, -0.05) is 37.0 Å². The van der Waals surface area contributed by atoms with Crippen LogP contribution in [-0.4, -0.2) is 16.0 Å². The third-order valence-electron chi connectivity index (χ3n) is 2.79. The highest BCUT2D eigenvalue weighted by molar-refractivity contribution is 5.65. The summed E-state index contributed by atoms with van der Waals surface area (Å²) in [6.45, 7) is 9.10. The smallest absolute Gasteiger partial charge is 0.214 e. The maximum Gasteiger partial charge on any atom is 0.214 e. The van der Waals surface area contributed by atoms with Crippen molar-refractivity contribution in [2.24, 2.45) is 0 Å². The minimum absolute atomic E-state index is 0.482. The third-order valence-corrected chi connectivity index (χ3v) is 2.79. The molecule has 2 nitrogen and oxygen atoms in total. The lowest BCUT2D eigenvalue weighted by Gasteiger charge is -2.19. The molecule has 0 amide bonds. The molecule has 0 radical (unpaired) electrons. The molecular formula is C14H18O2. The molecule has 0 spiro atoms. The predicted molar refractivity (Wildman–Crippen MR) is 66.7 cm³/mol. The predicted octanol–water partition coefficient (Wildman–Crippen LogP) is 2.63. The first-order valence-electron chi connectivity index (χ1n) is 5.29. The average molecular weight is 218 g/mol. The number of allylic oxidation sites excluding steroid dienone is 6. The molecular weight excluding hydrogens is 200 g/mol. The molecule has 2 heteroatoms. The Morgan fingerprint density at radius 3 is 2.31 bits per heavy atom. The van der Waals surface area contributed by atoms with Gasteiger partial charge in [-0.15, -0.1) is 0 Å². The molecule has 0 aliphatic heterocycles. The minimum Gasteiger partial charge on any atom is -0.358 e. The molecule has 0 aromatic rings. The number of hydrogen-bond acceptors (Lipinski definition) is 2. The Hall–Kier alpha value is -1.38. The zero-order chi connectivity index (χ0) is 12.3. The van der Waals surface area contributed by atoms with E-state index in [0.717, 1.165) is 11.1 Å². The molecule has 86 valence electrons. The van der Waals surface area contributed by atoms with Crippen LogP contribution in [0, 0.1) is 0 Å². The molecule has 2 N–H and O–H groups in total. The minimum atomic E-state index is -1.88. The second-order valence-electron chi connectivity index (χ2n) is 3.73. The first-order valence-corrected chi connectivity index (χ1v) is 5.29. The van der Waals surface area contributed by atoms with E-state index in [9.17, 15) is 10.2 Å². The van der Waals surface area contributed by atoms with Crippen LogP contribution in [0.1, 0.15) is 20.8 Å². The zero-order valence-corrected chi connectivity index (χ0v) is 9.99.